The first kappa shape index (κ1) is 11.9. The van der Waals surface area contributed by atoms with Crippen molar-refractivity contribution in [1.29, 1.82) is 0 Å². The lowest BCUT2D eigenvalue weighted by Gasteiger charge is -1.97. The van der Waals surface area contributed by atoms with Crippen molar-refractivity contribution in [3.8, 4) is 0 Å². The molecule has 0 radical (unpaired) electrons. The third kappa shape index (κ3) is 2.91. The van der Waals surface area contributed by atoms with Crippen LogP contribution in [0.3, 0.4) is 0 Å². The first-order chi connectivity index (χ1) is 6.69. The van der Waals surface area contributed by atoms with Crippen LogP contribution in [0.15, 0.2) is 0 Å². The molecule has 0 amide bonds. The van der Waals surface area contributed by atoms with Gasteiger partial charge in [0.05, 0.1) is 17.3 Å². The van der Waals surface area contributed by atoms with E-state index < -0.39 is 0 Å². The van der Waals surface area contributed by atoms with Gasteiger partial charge < -0.3 is 4.74 Å². The van der Waals surface area contributed by atoms with E-state index in [1.807, 2.05) is 6.92 Å². The zero-order chi connectivity index (χ0) is 10.6. The van der Waals surface area contributed by atoms with Gasteiger partial charge in [-0.05, 0) is 13.8 Å². The van der Waals surface area contributed by atoms with Crippen LogP contribution >= 0.6 is 33.9 Å². The maximum atomic E-state index is 11.4. The number of aryl methyl sites for hydroxylation is 2. The van der Waals surface area contributed by atoms with Gasteiger partial charge in [-0.25, -0.2) is 9.78 Å². The highest BCUT2D eigenvalue weighted by Gasteiger charge is 2.15. The highest BCUT2D eigenvalue weighted by atomic mass is 127. The third-order valence-corrected chi connectivity index (χ3v) is 3.35. The van der Waals surface area contributed by atoms with Gasteiger partial charge in [0.2, 0.25) is 0 Å². The minimum Gasteiger partial charge on any atom is -0.462 e. The Bertz CT molecular complexity index is 325. The molecule has 0 aliphatic rings. The molecule has 1 rings (SSSR count). The van der Waals surface area contributed by atoms with E-state index >= 15 is 0 Å². The van der Waals surface area contributed by atoms with Gasteiger partial charge in [-0.2, -0.15) is 0 Å². The zero-order valence-electron chi connectivity index (χ0n) is 8.17. The van der Waals surface area contributed by atoms with Gasteiger partial charge in [0.1, 0.15) is 4.88 Å². The molecule has 0 aliphatic carbocycles. The van der Waals surface area contributed by atoms with Gasteiger partial charge >= 0.3 is 5.97 Å². The predicted molar refractivity (Wildman–Crippen MR) is 65.4 cm³/mol. The lowest BCUT2D eigenvalue weighted by Crippen LogP contribution is -2.03. The fourth-order valence-electron chi connectivity index (χ4n) is 1.03. The van der Waals surface area contributed by atoms with Crippen LogP contribution in [0.1, 0.15) is 27.3 Å². The lowest BCUT2D eigenvalue weighted by molar-refractivity contribution is 0.0531. The monoisotopic (exact) mass is 325 g/mol. The molecule has 0 bridgehead atoms. The quantitative estimate of drug-likeness (QED) is 0.485. The van der Waals surface area contributed by atoms with Crippen LogP contribution in [-0.4, -0.2) is 22.0 Å². The molecule has 0 unspecified atom stereocenters. The summed E-state index contributed by atoms with van der Waals surface area (Å²) in [6, 6.07) is 0. The van der Waals surface area contributed by atoms with Crippen LogP contribution in [0.4, 0.5) is 0 Å². The van der Waals surface area contributed by atoms with E-state index in [0.29, 0.717) is 11.5 Å². The molecule has 0 fully saturated rings. The molecule has 78 valence electrons. The summed E-state index contributed by atoms with van der Waals surface area (Å²) in [6.45, 7) is 4.07. The number of aromatic nitrogens is 1. The molecule has 5 heteroatoms. The molecule has 1 aromatic rings. The number of thiazole rings is 1. The van der Waals surface area contributed by atoms with E-state index in [0.717, 1.165) is 21.5 Å². The molecule has 0 N–H and O–H groups in total. The second-order valence-corrected chi connectivity index (χ2v) is 4.84. The van der Waals surface area contributed by atoms with E-state index in [1.165, 1.54) is 11.3 Å². The van der Waals surface area contributed by atoms with Gasteiger partial charge in [-0.15, -0.1) is 11.3 Å². The van der Waals surface area contributed by atoms with E-state index in [4.69, 9.17) is 4.74 Å². The summed E-state index contributed by atoms with van der Waals surface area (Å²) in [4.78, 5) is 16.4. The summed E-state index contributed by atoms with van der Waals surface area (Å²) >= 11 is 3.74. The zero-order valence-corrected chi connectivity index (χ0v) is 11.1. The Balaban J connectivity index is 2.81. The van der Waals surface area contributed by atoms with E-state index in [9.17, 15) is 4.79 Å². The fraction of sp³-hybridized carbons (Fsp3) is 0.556. The first-order valence-electron chi connectivity index (χ1n) is 4.38. The first-order valence-corrected chi connectivity index (χ1v) is 6.72. The van der Waals surface area contributed by atoms with Crippen LogP contribution < -0.4 is 0 Å². The molecule has 0 saturated heterocycles. The molecule has 14 heavy (non-hydrogen) atoms. The second kappa shape index (κ2) is 5.65. The van der Waals surface area contributed by atoms with Crippen molar-refractivity contribution >= 4 is 39.9 Å². The second-order valence-electron chi connectivity index (χ2n) is 2.68. The van der Waals surface area contributed by atoms with Crippen LogP contribution in [0.25, 0.3) is 0 Å². The highest BCUT2D eigenvalue weighted by molar-refractivity contribution is 14.1. The summed E-state index contributed by atoms with van der Waals surface area (Å²) in [7, 11) is 0. The summed E-state index contributed by atoms with van der Waals surface area (Å²) in [5, 5.41) is 1.01. The summed E-state index contributed by atoms with van der Waals surface area (Å²) in [6.07, 6.45) is 0.922. The van der Waals surface area contributed by atoms with Crippen LogP contribution in [-0.2, 0) is 11.2 Å². The Labute approximate surface area is 101 Å². The summed E-state index contributed by atoms with van der Waals surface area (Å²) in [5.74, 6) is -0.248. The number of esters is 1. The molecular weight excluding hydrogens is 313 g/mol. The van der Waals surface area contributed by atoms with E-state index in [2.05, 4.69) is 27.6 Å². The number of hydrogen-bond acceptors (Lipinski definition) is 4. The Hall–Kier alpha value is -0.170. The van der Waals surface area contributed by atoms with Crippen molar-refractivity contribution in [2.75, 3.05) is 11.0 Å². The summed E-state index contributed by atoms with van der Waals surface area (Å²) < 4.78 is 5.95. The van der Waals surface area contributed by atoms with Gasteiger partial charge in [-0.3, -0.25) is 0 Å². The normalized spacial score (nSPS) is 10.2. The predicted octanol–water partition coefficient (Wildman–Crippen LogP) is 2.61. The molecule has 0 aromatic carbocycles. The number of halogens is 1. The molecule has 0 saturated carbocycles. The fourth-order valence-corrected chi connectivity index (χ4v) is 2.86. The standard InChI is InChI=1S/C9H12INO2S/c1-3-13-9(12)8-6(2)11-7(14-8)4-5-10/h3-5H2,1-2H3. The number of carbonyl (C=O) groups excluding carboxylic acids is 1. The maximum absolute atomic E-state index is 11.4. The Morgan fingerprint density at radius 3 is 2.93 bits per heavy atom. The smallest absolute Gasteiger partial charge is 0.350 e. The Kier molecular flexibility index (Phi) is 4.80. The number of nitrogens with zero attached hydrogens (tertiary/aromatic N) is 1. The van der Waals surface area contributed by atoms with Crippen molar-refractivity contribution in [2.24, 2.45) is 0 Å². The molecular formula is C9H12INO2S. The van der Waals surface area contributed by atoms with Crippen molar-refractivity contribution < 1.29 is 9.53 Å². The van der Waals surface area contributed by atoms with Gasteiger partial charge in [0.25, 0.3) is 0 Å². The molecule has 0 atom stereocenters. The minimum absolute atomic E-state index is 0.248. The van der Waals surface area contributed by atoms with Gasteiger partial charge in [-0.1, -0.05) is 22.6 Å². The van der Waals surface area contributed by atoms with E-state index in [1.54, 1.807) is 6.92 Å². The topological polar surface area (TPSA) is 39.2 Å². The van der Waals surface area contributed by atoms with Crippen molar-refractivity contribution in [3.05, 3.63) is 15.6 Å². The SMILES string of the molecule is CCOC(=O)c1sc(CCI)nc1C. The lowest BCUT2D eigenvalue weighted by atomic mass is 10.4. The van der Waals surface area contributed by atoms with Crippen molar-refractivity contribution in [2.45, 2.75) is 20.3 Å². The van der Waals surface area contributed by atoms with E-state index in [-0.39, 0.29) is 5.97 Å². The number of carbonyl (C=O) groups is 1. The largest absolute Gasteiger partial charge is 0.462 e. The third-order valence-electron chi connectivity index (χ3n) is 1.61. The van der Waals surface area contributed by atoms with Gasteiger partial charge in [0, 0.05) is 10.8 Å². The summed E-state index contributed by atoms with van der Waals surface area (Å²) in [5.41, 5.74) is 0.785. The van der Waals surface area contributed by atoms with Gasteiger partial charge in [0.15, 0.2) is 0 Å². The average Bonchev–Trinajstić information content (AvgIpc) is 2.48. The molecule has 0 spiro atoms. The molecule has 0 aliphatic heterocycles. The number of rotatable bonds is 4. The highest BCUT2D eigenvalue weighted by Crippen LogP contribution is 2.19. The number of ether oxygens (including phenoxy) is 1. The number of hydrogen-bond donors (Lipinski definition) is 0. The average molecular weight is 325 g/mol. The Morgan fingerprint density at radius 2 is 2.36 bits per heavy atom. The number of alkyl halides is 1. The van der Waals surface area contributed by atoms with Crippen molar-refractivity contribution in [3.63, 3.8) is 0 Å². The van der Waals surface area contributed by atoms with Crippen molar-refractivity contribution in [1.82, 2.24) is 4.98 Å². The molecule has 1 aromatic heterocycles. The minimum atomic E-state index is -0.248. The van der Waals surface area contributed by atoms with Crippen LogP contribution in [0.5, 0.6) is 0 Å². The Morgan fingerprint density at radius 1 is 1.64 bits per heavy atom. The molecule has 1 heterocycles. The van der Waals surface area contributed by atoms with Crippen LogP contribution in [0.2, 0.25) is 0 Å². The molecule has 3 nitrogen and oxygen atoms in total. The van der Waals surface area contributed by atoms with Crippen LogP contribution in [0, 0.1) is 6.92 Å². The maximum Gasteiger partial charge on any atom is 0.350 e.